The second kappa shape index (κ2) is 4.69. The molecule has 0 amide bonds. The van der Waals surface area contributed by atoms with Crippen LogP contribution in [0.15, 0.2) is 42.6 Å². The normalized spacial score (nSPS) is 17.7. The summed E-state index contributed by atoms with van der Waals surface area (Å²) < 4.78 is 5.66. The fraction of sp³-hybridized carbons (Fsp3) is 0.267. The average molecular weight is 240 g/mol. The summed E-state index contributed by atoms with van der Waals surface area (Å²) in [6.07, 6.45) is 2.82. The predicted molar refractivity (Wildman–Crippen MR) is 71.9 cm³/mol. The van der Waals surface area contributed by atoms with Crippen molar-refractivity contribution in [2.24, 2.45) is 0 Å². The summed E-state index contributed by atoms with van der Waals surface area (Å²) in [5.74, 6) is 0.993. The number of nitrogens with one attached hydrogen (secondary N) is 1. The van der Waals surface area contributed by atoms with Gasteiger partial charge in [-0.15, -0.1) is 0 Å². The number of benzene rings is 1. The Morgan fingerprint density at radius 1 is 1.28 bits per heavy atom. The monoisotopic (exact) mass is 240 g/mol. The third-order valence-electron chi connectivity index (χ3n) is 3.20. The lowest BCUT2D eigenvalue weighted by Crippen LogP contribution is -2.20. The molecule has 1 aromatic carbocycles. The Bertz CT molecular complexity index is 554. The Morgan fingerprint density at radius 2 is 2.17 bits per heavy atom. The van der Waals surface area contributed by atoms with Gasteiger partial charge < -0.3 is 10.1 Å². The van der Waals surface area contributed by atoms with Crippen molar-refractivity contribution in [2.45, 2.75) is 19.4 Å². The van der Waals surface area contributed by atoms with Gasteiger partial charge in [0.25, 0.3) is 0 Å². The highest BCUT2D eigenvalue weighted by atomic mass is 16.5. The molecule has 1 N–H and O–H groups in total. The Kier molecular flexibility index (Phi) is 2.89. The summed E-state index contributed by atoms with van der Waals surface area (Å²) in [6.45, 7) is 2.77. The van der Waals surface area contributed by atoms with Gasteiger partial charge in [0.05, 0.1) is 12.6 Å². The minimum atomic E-state index is 0.316. The first-order valence-electron chi connectivity index (χ1n) is 6.24. The van der Waals surface area contributed by atoms with Crippen molar-refractivity contribution in [3.05, 3.63) is 53.9 Å². The van der Waals surface area contributed by atoms with Crippen molar-refractivity contribution in [2.75, 3.05) is 11.9 Å². The van der Waals surface area contributed by atoms with Gasteiger partial charge in [-0.25, -0.2) is 0 Å². The number of para-hydroxylation sites is 1. The molecule has 1 unspecified atom stereocenters. The smallest absolute Gasteiger partial charge is 0.124 e. The molecular weight excluding hydrogens is 224 g/mol. The molecule has 1 aromatic heterocycles. The van der Waals surface area contributed by atoms with Crippen molar-refractivity contribution in [3.63, 3.8) is 0 Å². The zero-order chi connectivity index (χ0) is 12.4. The van der Waals surface area contributed by atoms with E-state index >= 15 is 0 Å². The van der Waals surface area contributed by atoms with Crippen LogP contribution in [0.3, 0.4) is 0 Å². The lowest BCUT2D eigenvalue weighted by atomic mass is 10.0. The first-order chi connectivity index (χ1) is 8.83. The van der Waals surface area contributed by atoms with Crippen molar-refractivity contribution in [1.82, 2.24) is 4.98 Å². The van der Waals surface area contributed by atoms with Gasteiger partial charge in [-0.1, -0.05) is 18.2 Å². The Balaban J connectivity index is 1.86. The molecule has 2 aromatic rings. The molecule has 1 aliphatic heterocycles. The summed E-state index contributed by atoms with van der Waals surface area (Å²) in [7, 11) is 0. The number of aryl methyl sites for hydroxylation is 1. The minimum absolute atomic E-state index is 0.316. The molecule has 0 spiro atoms. The molecule has 0 bridgehead atoms. The quantitative estimate of drug-likeness (QED) is 0.874. The van der Waals surface area contributed by atoms with E-state index in [1.165, 1.54) is 5.56 Å². The molecule has 3 heteroatoms. The summed E-state index contributed by atoms with van der Waals surface area (Å²) in [4.78, 5) is 4.21. The third kappa shape index (κ3) is 2.16. The summed E-state index contributed by atoms with van der Waals surface area (Å²) in [6, 6.07) is 12.6. The first kappa shape index (κ1) is 11.1. The molecule has 1 aliphatic rings. The van der Waals surface area contributed by atoms with Crippen LogP contribution in [0, 0.1) is 6.92 Å². The molecule has 1 atom stereocenters. The van der Waals surface area contributed by atoms with E-state index in [1.54, 1.807) is 0 Å². The van der Waals surface area contributed by atoms with Crippen LogP contribution < -0.4 is 10.1 Å². The molecule has 0 fully saturated rings. The van der Waals surface area contributed by atoms with Gasteiger partial charge in [0.2, 0.25) is 0 Å². The molecule has 0 saturated heterocycles. The van der Waals surface area contributed by atoms with Crippen molar-refractivity contribution in [1.29, 1.82) is 0 Å². The number of pyridine rings is 1. The lowest BCUT2D eigenvalue weighted by Gasteiger charge is -2.27. The van der Waals surface area contributed by atoms with E-state index in [9.17, 15) is 0 Å². The highest BCUT2D eigenvalue weighted by Crippen LogP contribution is 2.33. The van der Waals surface area contributed by atoms with Crippen LogP contribution in [0.4, 0.5) is 5.69 Å². The highest BCUT2D eigenvalue weighted by molar-refractivity contribution is 5.48. The molecular formula is C15H16N2O. The van der Waals surface area contributed by atoms with Crippen molar-refractivity contribution < 1.29 is 4.74 Å². The van der Waals surface area contributed by atoms with E-state index in [-0.39, 0.29) is 0 Å². The van der Waals surface area contributed by atoms with Crippen LogP contribution in [0.1, 0.15) is 23.7 Å². The second-order valence-corrected chi connectivity index (χ2v) is 4.56. The molecule has 2 heterocycles. The second-order valence-electron chi connectivity index (χ2n) is 4.56. The number of rotatable bonds is 2. The van der Waals surface area contributed by atoms with Crippen LogP contribution in [-0.2, 0) is 0 Å². The van der Waals surface area contributed by atoms with E-state index in [1.807, 2.05) is 31.3 Å². The molecule has 92 valence electrons. The number of anilines is 1. The average Bonchev–Trinajstić information content (AvgIpc) is 2.39. The maximum absolute atomic E-state index is 5.66. The number of hydrogen-bond donors (Lipinski definition) is 1. The number of ether oxygens (including phenoxy) is 1. The molecule has 3 nitrogen and oxygen atoms in total. The van der Waals surface area contributed by atoms with E-state index < -0.39 is 0 Å². The highest BCUT2D eigenvalue weighted by Gasteiger charge is 2.20. The third-order valence-corrected chi connectivity index (χ3v) is 3.20. The van der Waals surface area contributed by atoms with Gasteiger partial charge in [0.15, 0.2) is 0 Å². The van der Waals surface area contributed by atoms with Crippen LogP contribution in [0.25, 0.3) is 0 Å². The van der Waals surface area contributed by atoms with Gasteiger partial charge >= 0.3 is 0 Å². The van der Waals surface area contributed by atoms with Crippen LogP contribution >= 0.6 is 0 Å². The van der Waals surface area contributed by atoms with E-state index in [0.29, 0.717) is 6.04 Å². The predicted octanol–water partition coefficient (Wildman–Crippen LogP) is 3.33. The molecule has 0 aliphatic carbocycles. The number of nitrogens with zero attached hydrogens (tertiary/aromatic N) is 1. The van der Waals surface area contributed by atoms with E-state index in [0.717, 1.165) is 30.2 Å². The van der Waals surface area contributed by atoms with E-state index in [2.05, 4.69) is 28.5 Å². The zero-order valence-electron chi connectivity index (χ0n) is 10.4. The fourth-order valence-corrected chi connectivity index (χ4v) is 2.33. The van der Waals surface area contributed by atoms with Gasteiger partial charge in [0, 0.05) is 29.6 Å². The Hall–Kier alpha value is -2.03. The minimum Gasteiger partial charge on any atom is -0.493 e. The standard InChI is InChI=1S/C15H16N2O/c1-11-10-12(6-8-16-11)17-14-7-9-18-15-5-3-2-4-13(14)15/h2-6,8,10,14H,7,9H2,1H3,(H,16,17). The van der Waals surface area contributed by atoms with Crippen LogP contribution in [0.2, 0.25) is 0 Å². The zero-order valence-corrected chi connectivity index (χ0v) is 10.4. The SMILES string of the molecule is Cc1cc(NC2CCOc3ccccc32)ccn1. The largest absolute Gasteiger partial charge is 0.493 e. The maximum atomic E-state index is 5.66. The first-order valence-corrected chi connectivity index (χ1v) is 6.24. The molecule has 18 heavy (non-hydrogen) atoms. The lowest BCUT2D eigenvalue weighted by molar-refractivity contribution is 0.274. The number of aromatic nitrogens is 1. The Labute approximate surface area is 107 Å². The topological polar surface area (TPSA) is 34.1 Å². The van der Waals surface area contributed by atoms with Crippen molar-refractivity contribution in [3.8, 4) is 5.75 Å². The number of hydrogen-bond acceptors (Lipinski definition) is 3. The van der Waals surface area contributed by atoms with E-state index in [4.69, 9.17) is 4.74 Å². The molecule has 3 rings (SSSR count). The summed E-state index contributed by atoms with van der Waals surface area (Å²) in [5, 5.41) is 3.56. The van der Waals surface area contributed by atoms with Gasteiger partial charge in [-0.3, -0.25) is 4.98 Å². The Morgan fingerprint density at radius 3 is 3.06 bits per heavy atom. The van der Waals surface area contributed by atoms with Gasteiger partial charge in [-0.2, -0.15) is 0 Å². The van der Waals surface area contributed by atoms with Crippen LogP contribution in [-0.4, -0.2) is 11.6 Å². The molecule has 0 saturated carbocycles. The molecule has 0 radical (unpaired) electrons. The van der Waals surface area contributed by atoms with Crippen molar-refractivity contribution >= 4 is 5.69 Å². The number of fused-ring (bicyclic) bond motifs is 1. The maximum Gasteiger partial charge on any atom is 0.124 e. The van der Waals surface area contributed by atoms with Gasteiger partial charge in [-0.05, 0) is 25.1 Å². The summed E-state index contributed by atoms with van der Waals surface area (Å²) >= 11 is 0. The van der Waals surface area contributed by atoms with Gasteiger partial charge in [0.1, 0.15) is 5.75 Å². The summed E-state index contributed by atoms with van der Waals surface area (Å²) in [5.41, 5.74) is 3.38. The van der Waals surface area contributed by atoms with Crippen LogP contribution in [0.5, 0.6) is 5.75 Å². The fourth-order valence-electron chi connectivity index (χ4n) is 2.33.